The zero-order valence-corrected chi connectivity index (χ0v) is 13.3. The SMILES string of the molecule is CC(Oc1ccc(-c2ccccc2)cc1C(=O)O)c1ccccc1. The Morgan fingerprint density at radius 2 is 1.50 bits per heavy atom. The van der Waals surface area contributed by atoms with Gasteiger partial charge in [-0.25, -0.2) is 4.79 Å². The molecule has 0 aliphatic carbocycles. The van der Waals surface area contributed by atoms with Gasteiger partial charge in [0.1, 0.15) is 17.4 Å². The second-order valence-corrected chi connectivity index (χ2v) is 5.55. The van der Waals surface area contributed by atoms with Crippen molar-refractivity contribution in [2.24, 2.45) is 0 Å². The minimum atomic E-state index is -0.997. The molecular weight excluding hydrogens is 300 g/mol. The van der Waals surface area contributed by atoms with E-state index in [9.17, 15) is 9.90 Å². The van der Waals surface area contributed by atoms with Crippen molar-refractivity contribution in [3.05, 3.63) is 90.0 Å². The van der Waals surface area contributed by atoms with Crippen LogP contribution < -0.4 is 4.74 Å². The molecule has 0 bridgehead atoms. The third-order valence-corrected chi connectivity index (χ3v) is 3.89. The summed E-state index contributed by atoms with van der Waals surface area (Å²) in [5.41, 5.74) is 3.00. The molecule has 0 fully saturated rings. The number of carboxylic acid groups (broad SMARTS) is 1. The van der Waals surface area contributed by atoms with Crippen LogP contribution in [0.4, 0.5) is 0 Å². The van der Waals surface area contributed by atoms with Gasteiger partial charge in [-0.1, -0.05) is 66.7 Å². The second-order valence-electron chi connectivity index (χ2n) is 5.55. The van der Waals surface area contributed by atoms with Gasteiger partial charge in [0, 0.05) is 0 Å². The highest BCUT2D eigenvalue weighted by Gasteiger charge is 2.16. The van der Waals surface area contributed by atoms with Crippen molar-refractivity contribution < 1.29 is 14.6 Å². The average molecular weight is 318 g/mol. The van der Waals surface area contributed by atoms with E-state index in [1.54, 1.807) is 12.1 Å². The molecule has 0 radical (unpaired) electrons. The van der Waals surface area contributed by atoms with Crippen LogP contribution in [0.25, 0.3) is 11.1 Å². The molecule has 0 aliphatic rings. The lowest BCUT2D eigenvalue weighted by Gasteiger charge is -2.17. The topological polar surface area (TPSA) is 46.5 Å². The molecule has 3 aromatic rings. The van der Waals surface area contributed by atoms with Crippen LogP contribution in [-0.2, 0) is 0 Å². The first-order valence-corrected chi connectivity index (χ1v) is 7.79. The first kappa shape index (κ1) is 15.8. The predicted octanol–water partition coefficient (Wildman–Crippen LogP) is 5.19. The number of rotatable bonds is 5. The van der Waals surface area contributed by atoms with E-state index in [1.165, 1.54) is 0 Å². The van der Waals surface area contributed by atoms with Gasteiger partial charge in [0.2, 0.25) is 0 Å². The van der Waals surface area contributed by atoms with Crippen LogP contribution in [0.3, 0.4) is 0 Å². The molecule has 3 nitrogen and oxygen atoms in total. The van der Waals surface area contributed by atoms with Gasteiger partial charge in [-0.15, -0.1) is 0 Å². The standard InChI is InChI=1S/C21H18O3/c1-15(16-8-4-2-5-9-16)24-20-13-12-18(14-19(20)21(22)23)17-10-6-3-7-11-17/h2-15H,1H3,(H,22,23). The lowest BCUT2D eigenvalue weighted by atomic mass is 10.0. The maximum Gasteiger partial charge on any atom is 0.339 e. The van der Waals surface area contributed by atoms with Gasteiger partial charge in [0.15, 0.2) is 0 Å². The summed E-state index contributed by atoms with van der Waals surface area (Å²) in [7, 11) is 0. The summed E-state index contributed by atoms with van der Waals surface area (Å²) in [5, 5.41) is 9.54. The summed E-state index contributed by atoms with van der Waals surface area (Å²) in [6, 6.07) is 24.7. The fourth-order valence-corrected chi connectivity index (χ4v) is 2.59. The number of carboxylic acids is 1. The van der Waals surface area contributed by atoms with Crippen LogP contribution >= 0.6 is 0 Å². The Labute approximate surface area is 141 Å². The van der Waals surface area contributed by atoms with Gasteiger partial charge in [-0.05, 0) is 35.7 Å². The number of carbonyl (C=O) groups is 1. The third-order valence-electron chi connectivity index (χ3n) is 3.89. The fraction of sp³-hybridized carbons (Fsp3) is 0.0952. The molecule has 1 atom stereocenters. The van der Waals surface area contributed by atoms with Crippen molar-refractivity contribution in [1.29, 1.82) is 0 Å². The van der Waals surface area contributed by atoms with Crippen molar-refractivity contribution in [2.75, 3.05) is 0 Å². The van der Waals surface area contributed by atoms with Crippen LogP contribution in [-0.4, -0.2) is 11.1 Å². The van der Waals surface area contributed by atoms with E-state index >= 15 is 0 Å². The number of aromatic carboxylic acids is 1. The number of hydrogen-bond acceptors (Lipinski definition) is 2. The van der Waals surface area contributed by atoms with Crippen molar-refractivity contribution in [3.63, 3.8) is 0 Å². The Morgan fingerprint density at radius 3 is 2.12 bits per heavy atom. The summed E-state index contributed by atoms with van der Waals surface area (Å²) in [4.78, 5) is 11.6. The lowest BCUT2D eigenvalue weighted by Crippen LogP contribution is -2.07. The Kier molecular flexibility index (Phi) is 4.62. The molecule has 3 aromatic carbocycles. The number of hydrogen-bond donors (Lipinski definition) is 1. The molecule has 24 heavy (non-hydrogen) atoms. The summed E-state index contributed by atoms with van der Waals surface area (Å²) < 4.78 is 5.90. The molecule has 1 N–H and O–H groups in total. The smallest absolute Gasteiger partial charge is 0.339 e. The molecule has 3 heteroatoms. The summed E-state index contributed by atoms with van der Waals surface area (Å²) >= 11 is 0. The van der Waals surface area contributed by atoms with Crippen LogP contribution in [0.1, 0.15) is 28.9 Å². The Morgan fingerprint density at radius 1 is 0.875 bits per heavy atom. The minimum Gasteiger partial charge on any atom is -0.485 e. The molecule has 120 valence electrons. The number of benzene rings is 3. The molecule has 0 aliphatic heterocycles. The van der Waals surface area contributed by atoms with E-state index in [1.807, 2.05) is 73.7 Å². The van der Waals surface area contributed by atoms with Gasteiger partial charge in [0.25, 0.3) is 0 Å². The molecule has 0 saturated heterocycles. The Bertz CT molecular complexity index is 826. The van der Waals surface area contributed by atoms with Gasteiger partial charge in [-0.3, -0.25) is 0 Å². The summed E-state index contributed by atoms with van der Waals surface area (Å²) in [6.45, 7) is 1.91. The monoisotopic (exact) mass is 318 g/mol. The van der Waals surface area contributed by atoms with E-state index in [0.29, 0.717) is 5.75 Å². The van der Waals surface area contributed by atoms with Crippen LogP contribution in [0.15, 0.2) is 78.9 Å². The zero-order valence-electron chi connectivity index (χ0n) is 13.3. The van der Waals surface area contributed by atoms with Crippen molar-refractivity contribution >= 4 is 5.97 Å². The molecule has 0 amide bonds. The van der Waals surface area contributed by atoms with Crippen LogP contribution in [0.5, 0.6) is 5.75 Å². The zero-order chi connectivity index (χ0) is 16.9. The molecule has 0 heterocycles. The third kappa shape index (κ3) is 3.46. The van der Waals surface area contributed by atoms with E-state index in [0.717, 1.165) is 16.7 Å². The fourth-order valence-electron chi connectivity index (χ4n) is 2.59. The molecule has 0 saturated carbocycles. The largest absolute Gasteiger partial charge is 0.485 e. The highest BCUT2D eigenvalue weighted by Crippen LogP contribution is 2.30. The van der Waals surface area contributed by atoms with Gasteiger partial charge < -0.3 is 9.84 Å². The molecule has 3 rings (SSSR count). The van der Waals surface area contributed by atoms with Crippen molar-refractivity contribution in [3.8, 4) is 16.9 Å². The first-order valence-electron chi connectivity index (χ1n) is 7.79. The highest BCUT2D eigenvalue weighted by atomic mass is 16.5. The number of ether oxygens (including phenoxy) is 1. The molecule has 0 spiro atoms. The summed E-state index contributed by atoms with van der Waals surface area (Å²) in [5.74, 6) is -0.624. The maximum absolute atomic E-state index is 11.6. The van der Waals surface area contributed by atoms with Crippen LogP contribution in [0.2, 0.25) is 0 Å². The predicted molar refractivity (Wildman–Crippen MR) is 94.3 cm³/mol. The molecular formula is C21H18O3. The van der Waals surface area contributed by atoms with E-state index in [2.05, 4.69) is 0 Å². The summed E-state index contributed by atoms with van der Waals surface area (Å²) in [6.07, 6.45) is -0.230. The first-order chi connectivity index (χ1) is 11.6. The van der Waals surface area contributed by atoms with Crippen molar-refractivity contribution in [2.45, 2.75) is 13.0 Å². The van der Waals surface area contributed by atoms with Gasteiger partial charge >= 0.3 is 5.97 Å². The van der Waals surface area contributed by atoms with Gasteiger partial charge in [-0.2, -0.15) is 0 Å². The molecule has 0 aromatic heterocycles. The minimum absolute atomic E-state index is 0.166. The maximum atomic E-state index is 11.6. The quantitative estimate of drug-likeness (QED) is 0.704. The normalized spacial score (nSPS) is 11.7. The lowest BCUT2D eigenvalue weighted by molar-refractivity contribution is 0.0690. The molecule has 1 unspecified atom stereocenters. The van der Waals surface area contributed by atoms with E-state index in [-0.39, 0.29) is 11.7 Å². The van der Waals surface area contributed by atoms with E-state index < -0.39 is 5.97 Å². The Hall–Kier alpha value is -3.07. The highest BCUT2D eigenvalue weighted by molar-refractivity contribution is 5.92. The second kappa shape index (κ2) is 7.01. The van der Waals surface area contributed by atoms with Crippen molar-refractivity contribution in [1.82, 2.24) is 0 Å². The van der Waals surface area contributed by atoms with E-state index in [4.69, 9.17) is 4.74 Å². The average Bonchev–Trinajstić information content (AvgIpc) is 2.63. The Balaban J connectivity index is 1.92. The van der Waals surface area contributed by atoms with Gasteiger partial charge in [0.05, 0.1) is 0 Å². The van der Waals surface area contributed by atoms with Crippen LogP contribution in [0, 0.1) is 0 Å².